The number of anilines is 1. The molecule has 4 rings (SSSR count). The van der Waals surface area contributed by atoms with E-state index in [2.05, 4.69) is 46.4 Å². The van der Waals surface area contributed by atoms with Crippen LogP contribution < -0.4 is 10.2 Å². The second-order valence-electron chi connectivity index (χ2n) is 8.92. The predicted octanol–water partition coefficient (Wildman–Crippen LogP) is 2.08. The molecule has 3 aliphatic heterocycles. The van der Waals surface area contributed by atoms with Crippen LogP contribution >= 0.6 is 0 Å². The molecule has 0 atom stereocenters. The van der Waals surface area contributed by atoms with E-state index in [0.29, 0.717) is 26.1 Å². The number of hydrogen-bond donors (Lipinski definition) is 1. The summed E-state index contributed by atoms with van der Waals surface area (Å²) in [4.78, 5) is 33.6. The van der Waals surface area contributed by atoms with Gasteiger partial charge in [-0.2, -0.15) is 0 Å². The maximum absolute atomic E-state index is 13.0. The fourth-order valence-corrected chi connectivity index (χ4v) is 4.71. The number of amides is 3. The van der Waals surface area contributed by atoms with Crippen molar-refractivity contribution in [3.63, 3.8) is 0 Å². The summed E-state index contributed by atoms with van der Waals surface area (Å²) in [7, 11) is 4.01. The van der Waals surface area contributed by atoms with Crippen molar-refractivity contribution >= 4 is 17.6 Å². The van der Waals surface area contributed by atoms with Crippen molar-refractivity contribution in [2.75, 3.05) is 51.8 Å². The van der Waals surface area contributed by atoms with E-state index < -0.39 is 5.54 Å². The topological polar surface area (TPSA) is 59.1 Å². The van der Waals surface area contributed by atoms with E-state index in [1.54, 1.807) is 0 Å². The lowest BCUT2D eigenvalue weighted by molar-refractivity contribution is -0.134. The Kier molecular flexibility index (Phi) is 5.79. The number of carbonyl (C=O) groups is 2. The molecule has 158 valence electrons. The van der Waals surface area contributed by atoms with Gasteiger partial charge in [-0.3, -0.25) is 9.69 Å². The Bertz CT molecular complexity index is 736. The van der Waals surface area contributed by atoms with Crippen molar-refractivity contribution in [3.05, 3.63) is 29.8 Å². The molecule has 3 heterocycles. The van der Waals surface area contributed by atoms with Gasteiger partial charge in [0.25, 0.3) is 5.91 Å². The van der Waals surface area contributed by atoms with Gasteiger partial charge in [-0.15, -0.1) is 0 Å². The van der Waals surface area contributed by atoms with E-state index in [-0.39, 0.29) is 11.9 Å². The normalized spacial score (nSPS) is 22.6. The molecule has 29 heavy (non-hydrogen) atoms. The molecule has 1 aromatic rings. The molecular weight excluding hydrogens is 366 g/mol. The molecule has 0 bridgehead atoms. The summed E-state index contributed by atoms with van der Waals surface area (Å²) in [5, 5.41) is 2.98. The van der Waals surface area contributed by atoms with Crippen molar-refractivity contribution in [3.8, 4) is 0 Å². The summed E-state index contributed by atoms with van der Waals surface area (Å²) in [6.45, 7) is 4.97. The van der Waals surface area contributed by atoms with E-state index in [1.165, 1.54) is 35.4 Å². The lowest BCUT2D eigenvalue weighted by atomic mass is 9.88. The van der Waals surface area contributed by atoms with E-state index in [9.17, 15) is 9.59 Å². The van der Waals surface area contributed by atoms with Crippen LogP contribution in [-0.4, -0.2) is 79.1 Å². The highest BCUT2D eigenvalue weighted by atomic mass is 16.2. The van der Waals surface area contributed by atoms with Crippen LogP contribution in [0.2, 0.25) is 0 Å². The van der Waals surface area contributed by atoms with Crippen molar-refractivity contribution in [1.82, 2.24) is 20.0 Å². The minimum absolute atomic E-state index is 0.0668. The zero-order valence-corrected chi connectivity index (χ0v) is 17.7. The van der Waals surface area contributed by atoms with Gasteiger partial charge < -0.3 is 15.1 Å². The molecule has 3 amide bonds. The third-order valence-electron chi connectivity index (χ3n) is 6.58. The zero-order chi connectivity index (χ0) is 20.4. The Morgan fingerprint density at radius 1 is 1.00 bits per heavy atom. The molecule has 3 aliphatic rings. The Hall–Kier alpha value is -2.12. The number of nitrogens with zero attached hydrogens (tertiary/aromatic N) is 4. The highest BCUT2D eigenvalue weighted by Crippen LogP contribution is 2.29. The molecule has 7 nitrogen and oxygen atoms in total. The Balaban J connectivity index is 1.34. The first kappa shape index (κ1) is 20.2. The minimum atomic E-state index is -0.694. The predicted molar refractivity (Wildman–Crippen MR) is 114 cm³/mol. The maximum Gasteiger partial charge on any atom is 0.326 e. The van der Waals surface area contributed by atoms with Crippen molar-refractivity contribution in [2.45, 2.75) is 44.2 Å². The van der Waals surface area contributed by atoms with Gasteiger partial charge in [-0.25, -0.2) is 9.69 Å². The average molecular weight is 400 g/mol. The van der Waals surface area contributed by atoms with E-state index in [0.717, 1.165) is 26.2 Å². The molecule has 3 fully saturated rings. The van der Waals surface area contributed by atoms with Crippen LogP contribution in [-0.2, 0) is 11.3 Å². The second kappa shape index (κ2) is 8.32. The van der Waals surface area contributed by atoms with Gasteiger partial charge in [-0.05, 0) is 63.9 Å². The molecule has 1 N–H and O–H groups in total. The Morgan fingerprint density at radius 2 is 1.66 bits per heavy atom. The molecule has 0 unspecified atom stereocenters. The van der Waals surface area contributed by atoms with Gasteiger partial charge in [0, 0.05) is 38.4 Å². The lowest BCUT2D eigenvalue weighted by Crippen LogP contribution is -2.54. The standard InChI is InChI=1S/C22H33N5O2/c1-24-14-10-22(11-15-24)20(28)27(21(29)23-22)17-25(2)16-18-6-8-19(9-7-18)26-12-4-3-5-13-26/h6-9H,3-5,10-17H2,1-2H3,(H,23,29). The summed E-state index contributed by atoms with van der Waals surface area (Å²) < 4.78 is 0. The summed E-state index contributed by atoms with van der Waals surface area (Å²) in [5.41, 5.74) is 1.78. The SMILES string of the molecule is CN1CCC2(CC1)NC(=O)N(CN(C)Cc1ccc(N3CCCCC3)cc1)C2=O. The first-order valence-corrected chi connectivity index (χ1v) is 10.8. The molecule has 0 saturated carbocycles. The number of likely N-dealkylation sites (tertiary alicyclic amines) is 1. The molecule has 0 aromatic heterocycles. The van der Waals surface area contributed by atoms with Crippen LogP contribution in [0.1, 0.15) is 37.7 Å². The van der Waals surface area contributed by atoms with Gasteiger partial charge in [-0.1, -0.05) is 12.1 Å². The number of imide groups is 1. The average Bonchev–Trinajstić information content (AvgIpc) is 2.96. The fourth-order valence-electron chi connectivity index (χ4n) is 4.71. The first-order valence-electron chi connectivity index (χ1n) is 10.8. The number of hydrogen-bond acceptors (Lipinski definition) is 5. The van der Waals surface area contributed by atoms with Gasteiger partial charge in [0.2, 0.25) is 0 Å². The van der Waals surface area contributed by atoms with Crippen LogP contribution in [0.25, 0.3) is 0 Å². The van der Waals surface area contributed by atoms with Crippen LogP contribution in [0.3, 0.4) is 0 Å². The third kappa shape index (κ3) is 4.26. The largest absolute Gasteiger partial charge is 0.372 e. The zero-order valence-electron chi connectivity index (χ0n) is 17.7. The summed E-state index contributed by atoms with van der Waals surface area (Å²) in [6.07, 6.45) is 5.25. The molecule has 1 spiro atoms. The maximum atomic E-state index is 13.0. The summed E-state index contributed by atoms with van der Waals surface area (Å²) >= 11 is 0. The fraction of sp³-hybridized carbons (Fsp3) is 0.636. The van der Waals surface area contributed by atoms with Crippen molar-refractivity contribution in [1.29, 1.82) is 0 Å². The molecule has 3 saturated heterocycles. The number of piperidine rings is 2. The molecule has 7 heteroatoms. The van der Waals surface area contributed by atoms with Crippen LogP contribution in [0, 0.1) is 0 Å². The molecule has 0 aliphatic carbocycles. The number of rotatable bonds is 5. The van der Waals surface area contributed by atoms with Gasteiger partial charge in [0.1, 0.15) is 5.54 Å². The highest BCUT2D eigenvalue weighted by Gasteiger charge is 2.52. The van der Waals surface area contributed by atoms with Crippen LogP contribution in [0.4, 0.5) is 10.5 Å². The van der Waals surface area contributed by atoms with E-state index in [1.807, 2.05) is 11.9 Å². The number of urea groups is 1. The van der Waals surface area contributed by atoms with Gasteiger partial charge in [0.15, 0.2) is 0 Å². The van der Waals surface area contributed by atoms with Crippen molar-refractivity contribution in [2.24, 2.45) is 0 Å². The van der Waals surface area contributed by atoms with Gasteiger partial charge in [0.05, 0.1) is 6.67 Å². The van der Waals surface area contributed by atoms with Crippen LogP contribution in [0.15, 0.2) is 24.3 Å². The second-order valence-corrected chi connectivity index (χ2v) is 8.92. The van der Waals surface area contributed by atoms with E-state index >= 15 is 0 Å². The molecule has 0 radical (unpaired) electrons. The van der Waals surface area contributed by atoms with Crippen molar-refractivity contribution < 1.29 is 9.59 Å². The van der Waals surface area contributed by atoms with Gasteiger partial charge >= 0.3 is 6.03 Å². The number of carbonyl (C=O) groups excluding carboxylic acids is 2. The third-order valence-corrected chi connectivity index (χ3v) is 6.58. The molecule has 1 aromatic carbocycles. The number of benzene rings is 1. The first-order chi connectivity index (χ1) is 14.0. The Labute approximate surface area is 173 Å². The highest BCUT2D eigenvalue weighted by molar-refractivity contribution is 6.07. The smallest absolute Gasteiger partial charge is 0.326 e. The minimum Gasteiger partial charge on any atom is -0.372 e. The number of nitrogens with one attached hydrogen (secondary N) is 1. The van der Waals surface area contributed by atoms with Crippen LogP contribution in [0.5, 0.6) is 0 Å². The molecular formula is C22H33N5O2. The summed E-state index contributed by atoms with van der Waals surface area (Å²) in [6, 6.07) is 8.44. The quantitative estimate of drug-likeness (QED) is 0.769. The monoisotopic (exact) mass is 399 g/mol. The lowest BCUT2D eigenvalue weighted by Gasteiger charge is -2.35. The van der Waals surface area contributed by atoms with E-state index in [4.69, 9.17) is 0 Å². The Morgan fingerprint density at radius 3 is 2.31 bits per heavy atom. The summed E-state index contributed by atoms with van der Waals surface area (Å²) in [5.74, 6) is -0.0668.